The van der Waals surface area contributed by atoms with Gasteiger partial charge in [-0.15, -0.1) is 11.3 Å². The monoisotopic (exact) mass is 392 g/mol. The number of halogens is 1. The molecule has 0 N–H and O–H groups in total. The summed E-state index contributed by atoms with van der Waals surface area (Å²) in [6.07, 6.45) is 0.457. The van der Waals surface area contributed by atoms with Crippen molar-refractivity contribution < 1.29 is 18.5 Å². The van der Waals surface area contributed by atoms with Crippen LogP contribution in [0.5, 0.6) is 0 Å². The number of azide groups is 1. The van der Waals surface area contributed by atoms with Gasteiger partial charge in [-0.25, -0.2) is 4.39 Å². The number of hydrogen-bond acceptors (Lipinski definition) is 5. The highest BCUT2D eigenvalue weighted by Crippen LogP contribution is 2.40. The van der Waals surface area contributed by atoms with Crippen LogP contribution in [0.15, 0.2) is 28.5 Å². The summed E-state index contributed by atoms with van der Waals surface area (Å²) in [6.45, 7) is 8.39. The summed E-state index contributed by atoms with van der Waals surface area (Å²) in [5.41, 5.74) is 7.27. The van der Waals surface area contributed by atoms with E-state index >= 15 is 0 Å². The van der Waals surface area contributed by atoms with Gasteiger partial charge in [-0.2, -0.15) is 0 Å². The highest BCUT2D eigenvalue weighted by Gasteiger charge is 2.53. The van der Waals surface area contributed by atoms with Gasteiger partial charge in [-0.05, 0) is 57.4 Å². The Labute approximate surface area is 161 Å². The second kappa shape index (κ2) is 7.28. The van der Waals surface area contributed by atoms with Gasteiger partial charge in [0.1, 0.15) is 5.73 Å². The smallest absolute Gasteiger partial charge is 0.398 e. The minimum atomic E-state index is -1.03. The van der Waals surface area contributed by atoms with Crippen molar-refractivity contribution in [2.75, 3.05) is 13.1 Å². The van der Waals surface area contributed by atoms with Crippen LogP contribution in [0.2, 0.25) is 0 Å². The highest BCUT2D eigenvalue weighted by atomic mass is 32.1. The molecule has 0 saturated carbocycles. The van der Waals surface area contributed by atoms with Crippen molar-refractivity contribution in [2.24, 2.45) is 5.11 Å². The van der Waals surface area contributed by atoms with Crippen LogP contribution in [0.4, 0.5) is 4.39 Å². The summed E-state index contributed by atoms with van der Waals surface area (Å²) < 4.78 is 26.5. The number of carbonyl (C=O) groups is 1. The van der Waals surface area contributed by atoms with Crippen LogP contribution in [0, 0.1) is 0 Å². The first-order valence-electron chi connectivity index (χ1n) is 8.76. The quantitative estimate of drug-likeness (QED) is 0.332. The van der Waals surface area contributed by atoms with Crippen LogP contribution < -0.4 is 0 Å². The normalized spacial score (nSPS) is 22.7. The van der Waals surface area contributed by atoms with Gasteiger partial charge in [0.05, 0.1) is 22.6 Å². The van der Waals surface area contributed by atoms with Gasteiger partial charge >= 0.3 is 7.12 Å². The molecule has 0 atom stereocenters. The van der Waals surface area contributed by atoms with E-state index in [4.69, 9.17) is 14.8 Å². The fourth-order valence-electron chi connectivity index (χ4n) is 2.97. The number of amides is 1. The summed E-state index contributed by atoms with van der Waals surface area (Å²) in [7, 11) is -1.03. The second-order valence-electron chi connectivity index (χ2n) is 7.67. The first kappa shape index (κ1) is 19.9. The van der Waals surface area contributed by atoms with Gasteiger partial charge in [-0.3, -0.25) is 4.79 Å². The maximum Gasteiger partial charge on any atom is 0.525 e. The molecule has 1 aromatic rings. The molecule has 0 spiro atoms. The minimum absolute atomic E-state index is 0.149. The molecule has 27 heavy (non-hydrogen) atoms. The molecule has 2 aliphatic heterocycles. The van der Waals surface area contributed by atoms with E-state index in [1.165, 1.54) is 11.3 Å². The molecule has 3 rings (SSSR count). The van der Waals surface area contributed by atoms with Crippen LogP contribution in [-0.4, -0.2) is 42.2 Å². The lowest BCUT2D eigenvalue weighted by atomic mass is 9.84. The van der Waals surface area contributed by atoms with Gasteiger partial charge < -0.3 is 14.2 Å². The van der Waals surface area contributed by atoms with Gasteiger partial charge in [0.2, 0.25) is 0 Å². The molecule has 2 saturated heterocycles. The minimum Gasteiger partial charge on any atom is -0.398 e. The molecule has 0 bridgehead atoms. The molecule has 0 aliphatic carbocycles. The Morgan fingerprint density at radius 3 is 2.67 bits per heavy atom. The average molecular weight is 392 g/mol. The number of carbonyl (C=O) groups excluding carboxylic acids is 1. The first-order chi connectivity index (χ1) is 12.6. The number of thiophene rings is 1. The SMILES string of the molecule is CC1(C)OB(C(F)=C2CCN(C(=O)c3ccc(CN=[N+]=[N-])s3)C2)OC1(C)C. The molecule has 7 nitrogen and oxygen atoms in total. The van der Waals surface area contributed by atoms with E-state index in [0.717, 1.165) is 4.88 Å². The maximum atomic E-state index is 14.9. The predicted octanol–water partition coefficient (Wildman–Crippen LogP) is 4.26. The molecule has 144 valence electrons. The van der Waals surface area contributed by atoms with E-state index in [1.54, 1.807) is 17.0 Å². The molecule has 10 heteroatoms. The van der Waals surface area contributed by atoms with E-state index in [0.29, 0.717) is 23.4 Å². The van der Waals surface area contributed by atoms with Gasteiger partial charge in [0, 0.05) is 22.9 Å². The first-order valence-corrected chi connectivity index (χ1v) is 9.58. The molecule has 0 radical (unpaired) electrons. The molecule has 1 amide bonds. The highest BCUT2D eigenvalue weighted by molar-refractivity contribution is 7.14. The molecule has 0 unspecified atom stereocenters. The average Bonchev–Trinajstić information content (AvgIpc) is 3.30. The van der Waals surface area contributed by atoms with Crippen LogP contribution in [0.25, 0.3) is 10.4 Å². The molecule has 1 aromatic heterocycles. The number of hydrogen-bond donors (Lipinski definition) is 0. The molecule has 0 aromatic carbocycles. The van der Waals surface area contributed by atoms with Gasteiger partial charge in [-0.1, -0.05) is 5.11 Å². The molecular formula is C17H22BFN4O3S. The van der Waals surface area contributed by atoms with Crippen molar-refractivity contribution in [2.45, 2.75) is 51.9 Å². The van der Waals surface area contributed by atoms with Crippen molar-refractivity contribution in [3.05, 3.63) is 43.6 Å². The third kappa shape index (κ3) is 3.89. The Kier molecular flexibility index (Phi) is 5.36. The van der Waals surface area contributed by atoms with Crippen LogP contribution in [-0.2, 0) is 15.9 Å². The summed E-state index contributed by atoms with van der Waals surface area (Å²) in [4.78, 5) is 18.3. The van der Waals surface area contributed by atoms with Gasteiger partial charge in [0.25, 0.3) is 5.91 Å². The fourth-order valence-corrected chi connectivity index (χ4v) is 3.87. The molecule has 3 heterocycles. The number of rotatable bonds is 4. The summed E-state index contributed by atoms with van der Waals surface area (Å²) in [5.74, 6) is -0.149. The van der Waals surface area contributed by atoms with Gasteiger partial charge in [0.15, 0.2) is 0 Å². The third-order valence-corrected chi connectivity index (χ3v) is 6.37. The summed E-state index contributed by atoms with van der Waals surface area (Å²) >= 11 is 1.29. The zero-order valence-corrected chi connectivity index (χ0v) is 16.7. The van der Waals surface area contributed by atoms with Crippen molar-refractivity contribution in [3.8, 4) is 0 Å². The van der Waals surface area contributed by atoms with Crippen molar-refractivity contribution >= 4 is 24.4 Å². The van der Waals surface area contributed by atoms with E-state index in [-0.39, 0.29) is 19.0 Å². The number of likely N-dealkylation sites (tertiary alicyclic amines) is 1. The lowest BCUT2D eigenvalue weighted by Gasteiger charge is -2.32. The third-order valence-electron chi connectivity index (χ3n) is 5.31. The van der Waals surface area contributed by atoms with Crippen LogP contribution in [0.1, 0.15) is 48.7 Å². The van der Waals surface area contributed by atoms with E-state index in [9.17, 15) is 9.18 Å². The second-order valence-corrected chi connectivity index (χ2v) is 8.84. The number of nitrogens with zero attached hydrogens (tertiary/aromatic N) is 4. The topological polar surface area (TPSA) is 87.5 Å². The Morgan fingerprint density at radius 1 is 1.37 bits per heavy atom. The lowest BCUT2D eigenvalue weighted by molar-refractivity contribution is 0.00578. The van der Waals surface area contributed by atoms with E-state index in [2.05, 4.69) is 10.0 Å². The van der Waals surface area contributed by atoms with Crippen molar-refractivity contribution in [1.82, 2.24) is 4.90 Å². The largest absolute Gasteiger partial charge is 0.525 e. The zero-order chi connectivity index (χ0) is 19.8. The zero-order valence-electron chi connectivity index (χ0n) is 15.9. The lowest BCUT2D eigenvalue weighted by Crippen LogP contribution is -2.41. The van der Waals surface area contributed by atoms with Crippen molar-refractivity contribution in [1.29, 1.82) is 0 Å². The molecule has 2 aliphatic rings. The van der Waals surface area contributed by atoms with E-state index in [1.807, 2.05) is 27.7 Å². The Hall–Kier alpha value is -1.87. The Bertz CT molecular complexity index is 816. The fraction of sp³-hybridized carbons (Fsp3) is 0.588. The molecular weight excluding hydrogens is 370 g/mol. The van der Waals surface area contributed by atoms with E-state index < -0.39 is 24.0 Å². The summed E-state index contributed by atoms with van der Waals surface area (Å²) in [5, 5.41) is 3.50. The molecule has 2 fully saturated rings. The standard InChI is InChI=1S/C17H22BFN4O3S/c1-16(2)17(3,4)26-18(25-16)14(19)11-7-8-23(10-11)15(24)13-6-5-12(27-13)9-21-22-20/h5-6H,7-10H2,1-4H3. The van der Waals surface area contributed by atoms with Crippen molar-refractivity contribution in [3.63, 3.8) is 0 Å². The summed E-state index contributed by atoms with van der Waals surface area (Å²) in [6, 6.07) is 3.48. The van der Waals surface area contributed by atoms with Crippen LogP contribution in [0.3, 0.4) is 0 Å². The Balaban J connectivity index is 1.69. The Morgan fingerprint density at radius 2 is 2.04 bits per heavy atom. The van der Waals surface area contributed by atoms with Crippen LogP contribution >= 0.6 is 11.3 Å². The predicted molar refractivity (Wildman–Crippen MR) is 102 cm³/mol. The maximum absolute atomic E-state index is 14.9.